The molecule has 1 saturated heterocycles. The second kappa shape index (κ2) is 6.28. The molecule has 0 saturated carbocycles. The van der Waals surface area contributed by atoms with Crippen molar-refractivity contribution in [3.05, 3.63) is 66.0 Å². The zero-order chi connectivity index (χ0) is 15.5. The van der Waals surface area contributed by atoms with Crippen molar-refractivity contribution < 1.29 is 9.18 Å². The average molecular weight is 298 g/mol. The van der Waals surface area contributed by atoms with Crippen molar-refractivity contribution in [2.45, 2.75) is 19.5 Å². The number of halogens is 1. The Morgan fingerprint density at radius 3 is 2.59 bits per heavy atom. The summed E-state index contributed by atoms with van der Waals surface area (Å²) in [6.45, 7) is 4.03. The van der Waals surface area contributed by atoms with Crippen LogP contribution in [0.25, 0.3) is 0 Å². The summed E-state index contributed by atoms with van der Waals surface area (Å²) in [6.07, 6.45) is 0. The summed E-state index contributed by atoms with van der Waals surface area (Å²) in [5, 5.41) is 0. The third-order valence-corrected chi connectivity index (χ3v) is 4.13. The molecule has 1 aliphatic rings. The zero-order valence-corrected chi connectivity index (χ0v) is 12.6. The number of carbonyl (C=O) groups is 1. The van der Waals surface area contributed by atoms with E-state index in [9.17, 15) is 9.18 Å². The summed E-state index contributed by atoms with van der Waals surface area (Å²) in [5.74, 6) is -0.294. The molecule has 0 radical (unpaired) electrons. The fraction of sp³-hybridized carbons (Fsp3) is 0.278. The van der Waals surface area contributed by atoms with Crippen molar-refractivity contribution in [3.63, 3.8) is 0 Å². The van der Waals surface area contributed by atoms with Crippen LogP contribution in [0.15, 0.2) is 54.6 Å². The maximum absolute atomic E-state index is 13.4. The first-order valence-electron chi connectivity index (χ1n) is 7.50. The van der Waals surface area contributed by atoms with Gasteiger partial charge >= 0.3 is 0 Å². The van der Waals surface area contributed by atoms with Crippen LogP contribution in [0.2, 0.25) is 0 Å². The second-order valence-electron chi connectivity index (χ2n) is 5.60. The Labute approximate surface area is 130 Å². The summed E-state index contributed by atoms with van der Waals surface area (Å²) in [6, 6.07) is 16.1. The van der Waals surface area contributed by atoms with Gasteiger partial charge in [-0.2, -0.15) is 0 Å². The lowest BCUT2D eigenvalue weighted by Gasteiger charge is -2.39. The Morgan fingerprint density at radius 1 is 1.09 bits per heavy atom. The molecule has 2 aromatic carbocycles. The van der Waals surface area contributed by atoms with Gasteiger partial charge in [0.2, 0.25) is 5.91 Å². The van der Waals surface area contributed by atoms with Gasteiger partial charge in [-0.25, -0.2) is 4.39 Å². The first-order chi connectivity index (χ1) is 10.6. The van der Waals surface area contributed by atoms with Crippen LogP contribution in [0.5, 0.6) is 0 Å². The highest BCUT2D eigenvalue weighted by Crippen LogP contribution is 2.22. The lowest BCUT2D eigenvalue weighted by atomic mass is 10.1. The van der Waals surface area contributed by atoms with E-state index in [4.69, 9.17) is 0 Å². The van der Waals surface area contributed by atoms with Gasteiger partial charge < -0.3 is 4.90 Å². The smallest absolute Gasteiger partial charge is 0.244 e. The van der Waals surface area contributed by atoms with E-state index >= 15 is 0 Å². The molecule has 114 valence electrons. The van der Waals surface area contributed by atoms with Gasteiger partial charge in [-0.05, 0) is 30.7 Å². The molecule has 1 heterocycles. The molecular formula is C18H19FN2O. The highest BCUT2D eigenvalue weighted by atomic mass is 19.1. The molecule has 3 rings (SSSR count). The van der Waals surface area contributed by atoms with E-state index in [0.717, 1.165) is 13.1 Å². The van der Waals surface area contributed by atoms with Gasteiger partial charge in [-0.1, -0.05) is 36.4 Å². The van der Waals surface area contributed by atoms with Crippen LogP contribution in [0, 0.1) is 5.82 Å². The molecule has 0 aliphatic carbocycles. The summed E-state index contributed by atoms with van der Waals surface area (Å²) in [4.78, 5) is 16.4. The molecule has 1 amide bonds. The van der Waals surface area contributed by atoms with Gasteiger partial charge in [-0.15, -0.1) is 0 Å². The summed E-state index contributed by atoms with van der Waals surface area (Å²) < 4.78 is 13.4. The van der Waals surface area contributed by atoms with Crippen molar-refractivity contribution in [3.8, 4) is 0 Å². The zero-order valence-electron chi connectivity index (χ0n) is 12.6. The Hall–Kier alpha value is -2.20. The highest BCUT2D eigenvalue weighted by molar-refractivity contribution is 5.97. The topological polar surface area (TPSA) is 23.6 Å². The molecular weight excluding hydrogens is 279 g/mol. The number of carbonyl (C=O) groups excluding carboxylic acids is 1. The number of amides is 1. The molecule has 1 aliphatic heterocycles. The largest absolute Gasteiger partial charge is 0.310 e. The molecule has 0 aromatic heterocycles. The Bertz CT molecular complexity index is 659. The minimum absolute atomic E-state index is 0.0211. The molecule has 3 nitrogen and oxygen atoms in total. The van der Waals surface area contributed by atoms with Gasteiger partial charge in [0.15, 0.2) is 0 Å². The number of benzene rings is 2. The van der Waals surface area contributed by atoms with E-state index in [0.29, 0.717) is 12.2 Å². The average Bonchev–Trinajstić information content (AvgIpc) is 2.53. The maximum atomic E-state index is 13.4. The first kappa shape index (κ1) is 14.7. The van der Waals surface area contributed by atoms with E-state index in [1.54, 1.807) is 17.0 Å². The van der Waals surface area contributed by atoms with Crippen LogP contribution in [-0.4, -0.2) is 29.9 Å². The van der Waals surface area contributed by atoms with Gasteiger partial charge in [-0.3, -0.25) is 9.69 Å². The minimum atomic E-state index is -0.315. The van der Waals surface area contributed by atoms with Crippen LogP contribution >= 0.6 is 0 Å². The third-order valence-electron chi connectivity index (χ3n) is 4.13. The number of anilines is 1. The second-order valence-corrected chi connectivity index (χ2v) is 5.60. The van der Waals surface area contributed by atoms with Crippen molar-refractivity contribution >= 4 is 11.6 Å². The van der Waals surface area contributed by atoms with Crippen LogP contribution < -0.4 is 4.90 Å². The standard InChI is InChI=1S/C18H19FN2O/c1-14-18(22)21(17-9-5-8-16(19)12-17)11-10-20(14)13-15-6-3-2-4-7-15/h2-9,12,14H,10-11,13H2,1H3/t14-/m1/s1. The third kappa shape index (κ3) is 3.02. The van der Waals surface area contributed by atoms with Crippen molar-refractivity contribution in [2.24, 2.45) is 0 Å². The molecule has 0 spiro atoms. The Morgan fingerprint density at radius 2 is 1.86 bits per heavy atom. The van der Waals surface area contributed by atoms with E-state index < -0.39 is 0 Å². The van der Waals surface area contributed by atoms with Gasteiger partial charge in [0.1, 0.15) is 5.82 Å². The van der Waals surface area contributed by atoms with Gasteiger partial charge in [0, 0.05) is 25.3 Å². The number of nitrogens with zero attached hydrogens (tertiary/aromatic N) is 2. The van der Waals surface area contributed by atoms with E-state index in [-0.39, 0.29) is 17.8 Å². The lowest BCUT2D eigenvalue weighted by Crippen LogP contribution is -2.55. The van der Waals surface area contributed by atoms with E-state index in [1.807, 2.05) is 25.1 Å². The maximum Gasteiger partial charge on any atom is 0.244 e. The quantitative estimate of drug-likeness (QED) is 0.869. The molecule has 0 bridgehead atoms. The highest BCUT2D eigenvalue weighted by Gasteiger charge is 2.32. The Kier molecular flexibility index (Phi) is 4.20. The predicted molar refractivity (Wildman–Crippen MR) is 85.1 cm³/mol. The Balaban J connectivity index is 1.73. The van der Waals surface area contributed by atoms with Crippen LogP contribution in [-0.2, 0) is 11.3 Å². The first-order valence-corrected chi connectivity index (χ1v) is 7.50. The number of hydrogen-bond acceptors (Lipinski definition) is 2. The summed E-state index contributed by atoms with van der Waals surface area (Å²) in [7, 11) is 0. The van der Waals surface area contributed by atoms with Crippen molar-refractivity contribution in [2.75, 3.05) is 18.0 Å². The van der Waals surface area contributed by atoms with Gasteiger partial charge in [0.05, 0.1) is 6.04 Å². The molecule has 1 atom stereocenters. The molecule has 0 unspecified atom stereocenters. The normalized spacial score (nSPS) is 19.5. The van der Waals surface area contributed by atoms with Crippen LogP contribution in [0.3, 0.4) is 0 Å². The molecule has 1 fully saturated rings. The minimum Gasteiger partial charge on any atom is -0.310 e. The number of hydrogen-bond donors (Lipinski definition) is 0. The molecule has 4 heteroatoms. The summed E-state index contributed by atoms with van der Waals surface area (Å²) in [5.41, 5.74) is 1.83. The number of piperazine rings is 1. The molecule has 0 N–H and O–H groups in total. The fourth-order valence-corrected chi connectivity index (χ4v) is 2.85. The molecule has 22 heavy (non-hydrogen) atoms. The van der Waals surface area contributed by atoms with Crippen LogP contribution in [0.4, 0.5) is 10.1 Å². The lowest BCUT2D eigenvalue weighted by molar-refractivity contribution is -0.125. The SMILES string of the molecule is C[C@@H]1C(=O)N(c2cccc(F)c2)CCN1Cc1ccccc1. The predicted octanol–water partition coefficient (Wildman–Crippen LogP) is 3.06. The van der Waals surface area contributed by atoms with E-state index in [2.05, 4.69) is 17.0 Å². The van der Waals surface area contributed by atoms with Crippen molar-refractivity contribution in [1.29, 1.82) is 0 Å². The van der Waals surface area contributed by atoms with Crippen molar-refractivity contribution in [1.82, 2.24) is 4.90 Å². The van der Waals surface area contributed by atoms with Gasteiger partial charge in [0.25, 0.3) is 0 Å². The summed E-state index contributed by atoms with van der Waals surface area (Å²) >= 11 is 0. The molecule has 2 aromatic rings. The fourth-order valence-electron chi connectivity index (χ4n) is 2.85. The monoisotopic (exact) mass is 298 g/mol. The van der Waals surface area contributed by atoms with E-state index in [1.165, 1.54) is 17.7 Å². The number of rotatable bonds is 3. The van der Waals surface area contributed by atoms with Crippen LogP contribution in [0.1, 0.15) is 12.5 Å².